The molecule has 0 spiro atoms. The predicted octanol–water partition coefficient (Wildman–Crippen LogP) is 4.74. The van der Waals surface area contributed by atoms with Crippen LogP contribution in [-0.4, -0.2) is 13.2 Å². The lowest BCUT2D eigenvalue weighted by Gasteiger charge is -2.38. The van der Waals surface area contributed by atoms with Gasteiger partial charge in [0, 0.05) is 29.0 Å². The largest absolute Gasteiger partial charge is 0.490 e. The van der Waals surface area contributed by atoms with Crippen molar-refractivity contribution in [3.8, 4) is 5.75 Å². The molecule has 2 aliphatic rings. The Hall–Kier alpha value is -0.990. The lowest BCUT2D eigenvalue weighted by molar-refractivity contribution is 0.0811. The van der Waals surface area contributed by atoms with Crippen LogP contribution in [-0.2, 0) is 0 Å². The van der Waals surface area contributed by atoms with Crippen molar-refractivity contribution in [2.75, 3.05) is 7.05 Å². The molecule has 0 fully saturated rings. The van der Waals surface area contributed by atoms with Crippen molar-refractivity contribution >= 4 is 11.6 Å². The van der Waals surface area contributed by atoms with Crippen LogP contribution in [0.5, 0.6) is 5.75 Å². The minimum absolute atomic E-state index is 0.294. The molecular formula is C18H24ClNO. The first kappa shape index (κ1) is 14.9. The average Bonchev–Trinajstić information content (AvgIpc) is 2.45. The highest BCUT2D eigenvalue weighted by Crippen LogP contribution is 2.41. The van der Waals surface area contributed by atoms with E-state index in [9.17, 15) is 0 Å². The van der Waals surface area contributed by atoms with E-state index in [1.807, 2.05) is 25.2 Å². The molecule has 3 rings (SSSR count). The van der Waals surface area contributed by atoms with Gasteiger partial charge in [0.05, 0.1) is 0 Å². The molecular weight excluding hydrogens is 282 g/mol. The molecule has 0 amide bonds. The van der Waals surface area contributed by atoms with Crippen LogP contribution in [0, 0.1) is 11.8 Å². The summed E-state index contributed by atoms with van der Waals surface area (Å²) in [5, 5.41) is 4.20. The van der Waals surface area contributed by atoms with Crippen LogP contribution in [0.3, 0.4) is 0 Å². The predicted molar refractivity (Wildman–Crippen MR) is 87.9 cm³/mol. The number of allylic oxidation sites excluding steroid dienone is 2. The Bertz CT molecular complexity index is 554. The normalized spacial score (nSPS) is 32.1. The fourth-order valence-electron chi connectivity index (χ4n) is 3.91. The van der Waals surface area contributed by atoms with E-state index in [0.717, 1.165) is 23.6 Å². The van der Waals surface area contributed by atoms with Crippen LogP contribution in [0.15, 0.2) is 29.8 Å². The number of halogens is 1. The minimum Gasteiger partial charge on any atom is -0.490 e. The Balaban J connectivity index is 1.84. The topological polar surface area (TPSA) is 21.3 Å². The number of hydrogen-bond acceptors (Lipinski definition) is 2. The van der Waals surface area contributed by atoms with E-state index in [2.05, 4.69) is 25.2 Å². The number of rotatable bonds is 2. The van der Waals surface area contributed by atoms with Crippen molar-refractivity contribution in [3.05, 3.63) is 40.4 Å². The van der Waals surface area contributed by atoms with Crippen molar-refractivity contribution in [1.29, 1.82) is 0 Å². The number of hydrogen-bond donors (Lipinski definition) is 1. The molecule has 0 radical (unpaired) electrons. The number of benzene rings is 1. The molecule has 1 aromatic rings. The first-order valence-corrected chi connectivity index (χ1v) is 8.25. The fourth-order valence-corrected chi connectivity index (χ4v) is 4.09. The molecule has 0 aromatic heterocycles. The second-order valence-electron chi connectivity index (χ2n) is 6.61. The minimum atomic E-state index is 0.294. The lowest BCUT2D eigenvalue weighted by Crippen LogP contribution is -2.38. The summed E-state index contributed by atoms with van der Waals surface area (Å²) in [6.45, 7) is 4.55. The maximum atomic E-state index is 6.33. The molecule has 1 N–H and O–H groups in total. The second-order valence-corrected chi connectivity index (χ2v) is 7.04. The zero-order valence-corrected chi connectivity index (χ0v) is 13.8. The standard InChI is InChI=1S/C18H24ClNO/c1-11-6-12(2)8-13(7-11)18-10-16(20-3)15-9-14(19)4-5-17(15)21-18/h4-6,9,11,13,16,18,20H,7-8,10H2,1-3H3. The zero-order valence-electron chi connectivity index (χ0n) is 13.0. The maximum absolute atomic E-state index is 6.33. The summed E-state index contributed by atoms with van der Waals surface area (Å²) in [6.07, 6.45) is 6.11. The summed E-state index contributed by atoms with van der Waals surface area (Å²) in [7, 11) is 2.02. The molecule has 0 bridgehead atoms. The Morgan fingerprint density at radius 3 is 2.81 bits per heavy atom. The van der Waals surface area contributed by atoms with Gasteiger partial charge < -0.3 is 10.1 Å². The third-order valence-corrected chi connectivity index (χ3v) is 5.03. The number of fused-ring (bicyclic) bond motifs is 1. The highest BCUT2D eigenvalue weighted by Gasteiger charge is 2.34. The van der Waals surface area contributed by atoms with Gasteiger partial charge in [0.2, 0.25) is 0 Å². The van der Waals surface area contributed by atoms with E-state index in [1.54, 1.807) is 0 Å². The summed E-state index contributed by atoms with van der Waals surface area (Å²) in [5.74, 6) is 2.27. The summed E-state index contributed by atoms with van der Waals surface area (Å²) < 4.78 is 6.33. The van der Waals surface area contributed by atoms with Gasteiger partial charge in [-0.05, 0) is 50.9 Å². The SMILES string of the molecule is CNC1CC(C2CC(C)=CC(C)C2)Oc2ccc(Cl)cc21. The summed E-state index contributed by atoms with van der Waals surface area (Å²) in [4.78, 5) is 0. The highest BCUT2D eigenvalue weighted by molar-refractivity contribution is 6.30. The van der Waals surface area contributed by atoms with Crippen LogP contribution in [0.25, 0.3) is 0 Å². The molecule has 3 heteroatoms. The number of nitrogens with one attached hydrogen (secondary N) is 1. The Kier molecular flexibility index (Phi) is 4.28. The van der Waals surface area contributed by atoms with Crippen molar-refractivity contribution in [2.24, 2.45) is 11.8 Å². The highest BCUT2D eigenvalue weighted by atomic mass is 35.5. The van der Waals surface area contributed by atoms with Gasteiger partial charge in [-0.2, -0.15) is 0 Å². The van der Waals surface area contributed by atoms with Crippen molar-refractivity contribution < 1.29 is 4.74 Å². The van der Waals surface area contributed by atoms with Crippen LogP contribution in [0.1, 0.15) is 44.7 Å². The molecule has 4 atom stereocenters. The quantitative estimate of drug-likeness (QED) is 0.797. The molecule has 4 unspecified atom stereocenters. The summed E-state index contributed by atoms with van der Waals surface area (Å²) >= 11 is 6.13. The van der Waals surface area contributed by atoms with Crippen LogP contribution in [0.2, 0.25) is 5.02 Å². The van der Waals surface area contributed by atoms with Gasteiger partial charge in [-0.3, -0.25) is 0 Å². The molecule has 1 heterocycles. The third-order valence-electron chi connectivity index (χ3n) is 4.80. The second kappa shape index (κ2) is 6.02. The molecule has 1 aliphatic heterocycles. The van der Waals surface area contributed by atoms with Gasteiger partial charge in [0.1, 0.15) is 11.9 Å². The van der Waals surface area contributed by atoms with Gasteiger partial charge in [-0.1, -0.05) is 30.2 Å². The van der Waals surface area contributed by atoms with Gasteiger partial charge in [-0.15, -0.1) is 0 Å². The summed E-state index contributed by atoms with van der Waals surface area (Å²) in [6, 6.07) is 6.30. The molecule has 1 aromatic carbocycles. The van der Waals surface area contributed by atoms with E-state index < -0.39 is 0 Å². The van der Waals surface area contributed by atoms with Gasteiger partial charge in [0.25, 0.3) is 0 Å². The van der Waals surface area contributed by atoms with E-state index in [0.29, 0.717) is 24.0 Å². The van der Waals surface area contributed by atoms with E-state index in [1.165, 1.54) is 17.6 Å². The molecule has 2 nitrogen and oxygen atoms in total. The molecule has 21 heavy (non-hydrogen) atoms. The maximum Gasteiger partial charge on any atom is 0.124 e. The van der Waals surface area contributed by atoms with Gasteiger partial charge >= 0.3 is 0 Å². The fraction of sp³-hybridized carbons (Fsp3) is 0.556. The van der Waals surface area contributed by atoms with Gasteiger partial charge in [-0.25, -0.2) is 0 Å². The summed E-state index contributed by atoms with van der Waals surface area (Å²) in [5.41, 5.74) is 2.70. The molecule has 1 aliphatic carbocycles. The van der Waals surface area contributed by atoms with Crippen LogP contribution >= 0.6 is 11.6 Å². The smallest absolute Gasteiger partial charge is 0.124 e. The average molecular weight is 306 g/mol. The Labute approximate surface area is 132 Å². The zero-order chi connectivity index (χ0) is 15.0. The molecule has 0 saturated carbocycles. The van der Waals surface area contributed by atoms with E-state index in [4.69, 9.17) is 16.3 Å². The lowest BCUT2D eigenvalue weighted by atomic mass is 9.77. The monoisotopic (exact) mass is 305 g/mol. The van der Waals surface area contributed by atoms with Crippen LogP contribution < -0.4 is 10.1 Å². The van der Waals surface area contributed by atoms with E-state index in [-0.39, 0.29) is 0 Å². The molecule has 114 valence electrons. The van der Waals surface area contributed by atoms with Crippen molar-refractivity contribution in [2.45, 2.75) is 45.3 Å². The Morgan fingerprint density at radius 1 is 1.29 bits per heavy atom. The first-order valence-electron chi connectivity index (χ1n) is 7.87. The van der Waals surface area contributed by atoms with Gasteiger partial charge in [0.15, 0.2) is 0 Å². The van der Waals surface area contributed by atoms with Crippen LogP contribution in [0.4, 0.5) is 0 Å². The Morgan fingerprint density at radius 2 is 2.10 bits per heavy atom. The first-order chi connectivity index (χ1) is 10.1. The van der Waals surface area contributed by atoms with Crippen molar-refractivity contribution in [1.82, 2.24) is 5.32 Å². The number of ether oxygens (including phenoxy) is 1. The third kappa shape index (κ3) is 3.12. The molecule has 0 saturated heterocycles. The van der Waals surface area contributed by atoms with E-state index >= 15 is 0 Å². The van der Waals surface area contributed by atoms with Crippen molar-refractivity contribution in [3.63, 3.8) is 0 Å².